The second-order valence-electron chi connectivity index (χ2n) is 2.94. The lowest BCUT2D eigenvalue weighted by atomic mass is 9.99. The number of hydrogen-bond donors (Lipinski definition) is 1. The molecule has 0 heterocycles. The number of carboxylic acid groups (broad SMARTS) is 1. The number of aliphatic carboxylic acids is 1. The predicted molar refractivity (Wildman–Crippen MR) is 47.2 cm³/mol. The third kappa shape index (κ3) is 2.07. The van der Waals surface area contributed by atoms with E-state index in [9.17, 15) is 9.18 Å². The molecule has 0 aliphatic rings. The van der Waals surface area contributed by atoms with Crippen LogP contribution >= 0.6 is 0 Å². The summed E-state index contributed by atoms with van der Waals surface area (Å²) in [5.74, 6) is -2.44. The number of benzene rings is 1. The molecule has 0 saturated carbocycles. The molecule has 14 heavy (non-hydrogen) atoms. The van der Waals surface area contributed by atoms with Gasteiger partial charge in [-0.3, -0.25) is 4.79 Å². The highest BCUT2D eigenvalue weighted by atomic mass is 19.1. The van der Waals surface area contributed by atoms with Gasteiger partial charge in [-0.15, -0.1) is 0 Å². The Balaban J connectivity index is 3.17. The first-order valence-electron chi connectivity index (χ1n) is 3.98. The van der Waals surface area contributed by atoms with Crippen molar-refractivity contribution in [2.75, 3.05) is 0 Å². The minimum Gasteiger partial charge on any atom is -0.481 e. The maximum absolute atomic E-state index is 12.9. The summed E-state index contributed by atoms with van der Waals surface area (Å²) in [5, 5.41) is 17.2. The Morgan fingerprint density at radius 2 is 2.21 bits per heavy atom. The van der Waals surface area contributed by atoms with Gasteiger partial charge in [0, 0.05) is 0 Å². The normalized spacial score (nSPS) is 11.8. The number of carbonyl (C=O) groups is 1. The molecule has 0 amide bonds. The maximum Gasteiger partial charge on any atom is 0.310 e. The zero-order valence-corrected chi connectivity index (χ0v) is 7.49. The molecule has 4 heteroatoms. The van der Waals surface area contributed by atoms with Crippen LogP contribution in [0.25, 0.3) is 0 Å². The second-order valence-corrected chi connectivity index (χ2v) is 2.94. The molecule has 0 radical (unpaired) electrons. The molecule has 1 aromatic carbocycles. The molecule has 0 fully saturated rings. The topological polar surface area (TPSA) is 61.1 Å². The van der Waals surface area contributed by atoms with E-state index in [0.29, 0.717) is 5.56 Å². The lowest BCUT2D eigenvalue weighted by Crippen LogP contribution is -2.07. The standard InChI is InChI=1S/C10H8FNO2/c1-6(10(13)14)8-2-7(5-12)3-9(11)4-8/h2-4,6H,1H3,(H,13,14). The summed E-state index contributed by atoms with van der Waals surface area (Å²) in [6.07, 6.45) is 0. The fourth-order valence-corrected chi connectivity index (χ4v) is 1.07. The smallest absolute Gasteiger partial charge is 0.310 e. The van der Waals surface area contributed by atoms with Gasteiger partial charge in [0.2, 0.25) is 0 Å². The van der Waals surface area contributed by atoms with Crippen LogP contribution in [0.4, 0.5) is 4.39 Å². The Kier molecular flexibility index (Phi) is 2.82. The summed E-state index contributed by atoms with van der Waals surface area (Å²) < 4.78 is 12.9. The highest BCUT2D eigenvalue weighted by molar-refractivity contribution is 5.75. The fraction of sp³-hybridized carbons (Fsp3) is 0.200. The summed E-state index contributed by atoms with van der Waals surface area (Å²) in [4.78, 5) is 10.6. The van der Waals surface area contributed by atoms with Crippen LogP contribution in [-0.2, 0) is 4.79 Å². The Bertz CT molecular complexity index is 409. The van der Waals surface area contributed by atoms with Crippen molar-refractivity contribution in [1.29, 1.82) is 5.26 Å². The van der Waals surface area contributed by atoms with Crippen LogP contribution in [0, 0.1) is 17.1 Å². The van der Waals surface area contributed by atoms with Crippen LogP contribution < -0.4 is 0 Å². The van der Waals surface area contributed by atoms with Crippen molar-refractivity contribution in [3.8, 4) is 6.07 Å². The Morgan fingerprint density at radius 3 is 2.71 bits per heavy atom. The van der Waals surface area contributed by atoms with Gasteiger partial charge in [0.1, 0.15) is 5.82 Å². The van der Waals surface area contributed by atoms with Gasteiger partial charge in [-0.05, 0) is 30.7 Å². The summed E-state index contributed by atoms with van der Waals surface area (Å²) in [7, 11) is 0. The average molecular weight is 193 g/mol. The van der Waals surface area contributed by atoms with Crippen molar-refractivity contribution in [1.82, 2.24) is 0 Å². The number of nitrogens with zero attached hydrogens (tertiary/aromatic N) is 1. The SMILES string of the molecule is CC(C(=O)O)c1cc(F)cc(C#N)c1. The average Bonchev–Trinajstić information content (AvgIpc) is 2.15. The van der Waals surface area contributed by atoms with E-state index >= 15 is 0 Å². The molecule has 0 saturated heterocycles. The van der Waals surface area contributed by atoms with Crippen molar-refractivity contribution < 1.29 is 14.3 Å². The Morgan fingerprint density at radius 1 is 1.57 bits per heavy atom. The van der Waals surface area contributed by atoms with Gasteiger partial charge in [-0.2, -0.15) is 5.26 Å². The van der Waals surface area contributed by atoms with Crippen molar-refractivity contribution in [2.45, 2.75) is 12.8 Å². The second kappa shape index (κ2) is 3.88. The Labute approximate surface area is 80.4 Å². The molecule has 0 bridgehead atoms. The van der Waals surface area contributed by atoms with Gasteiger partial charge in [0.15, 0.2) is 0 Å². The minimum absolute atomic E-state index is 0.133. The number of rotatable bonds is 2. The zero-order valence-electron chi connectivity index (χ0n) is 7.49. The van der Waals surface area contributed by atoms with E-state index in [1.165, 1.54) is 13.0 Å². The molecule has 0 aromatic heterocycles. The quantitative estimate of drug-likeness (QED) is 0.780. The molecule has 1 atom stereocenters. The van der Waals surface area contributed by atoms with E-state index in [2.05, 4.69) is 0 Å². The number of hydrogen-bond acceptors (Lipinski definition) is 2. The van der Waals surface area contributed by atoms with Crippen LogP contribution in [0.1, 0.15) is 24.0 Å². The molecular formula is C10H8FNO2. The first kappa shape index (κ1) is 10.2. The van der Waals surface area contributed by atoms with Gasteiger partial charge in [-0.25, -0.2) is 4.39 Å². The van der Waals surface area contributed by atoms with Gasteiger partial charge >= 0.3 is 5.97 Å². The Hall–Kier alpha value is -1.89. The lowest BCUT2D eigenvalue weighted by molar-refractivity contribution is -0.138. The first-order chi connectivity index (χ1) is 6.54. The number of nitriles is 1. The van der Waals surface area contributed by atoms with Crippen molar-refractivity contribution >= 4 is 5.97 Å². The largest absolute Gasteiger partial charge is 0.481 e. The maximum atomic E-state index is 12.9. The van der Waals surface area contributed by atoms with E-state index in [1.807, 2.05) is 0 Å². The molecule has 1 rings (SSSR count). The highest BCUT2D eigenvalue weighted by Gasteiger charge is 2.15. The summed E-state index contributed by atoms with van der Waals surface area (Å²) in [6.45, 7) is 1.44. The number of carboxylic acids is 1. The van der Waals surface area contributed by atoms with Gasteiger partial charge in [0.25, 0.3) is 0 Å². The van der Waals surface area contributed by atoms with E-state index in [0.717, 1.165) is 12.1 Å². The molecule has 0 spiro atoms. The van der Waals surface area contributed by atoms with Crippen LogP contribution in [0.3, 0.4) is 0 Å². The van der Waals surface area contributed by atoms with Crippen LogP contribution in [-0.4, -0.2) is 11.1 Å². The molecule has 0 aliphatic heterocycles. The summed E-state index contributed by atoms with van der Waals surface area (Å²) >= 11 is 0. The highest BCUT2D eigenvalue weighted by Crippen LogP contribution is 2.18. The van der Waals surface area contributed by atoms with Crippen LogP contribution in [0.15, 0.2) is 18.2 Å². The fourth-order valence-electron chi connectivity index (χ4n) is 1.07. The van der Waals surface area contributed by atoms with Gasteiger partial charge in [-0.1, -0.05) is 0 Å². The van der Waals surface area contributed by atoms with Crippen LogP contribution in [0.5, 0.6) is 0 Å². The molecular weight excluding hydrogens is 185 g/mol. The van der Waals surface area contributed by atoms with Crippen molar-refractivity contribution in [3.05, 3.63) is 35.1 Å². The third-order valence-corrected chi connectivity index (χ3v) is 1.92. The molecule has 1 N–H and O–H groups in total. The van der Waals surface area contributed by atoms with E-state index in [1.54, 1.807) is 6.07 Å². The first-order valence-corrected chi connectivity index (χ1v) is 3.98. The van der Waals surface area contributed by atoms with E-state index < -0.39 is 17.7 Å². The minimum atomic E-state index is -1.04. The molecule has 1 aromatic rings. The molecule has 3 nitrogen and oxygen atoms in total. The van der Waals surface area contributed by atoms with Crippen molar-refractivity contribution in [2.24, 2.45) is 0 Å². The molecule has 1 unspecified atom stereocenters. The number of halogens is 1. The van der Waals surface area contributed by atoms with E-state index in [-0.39, 0.29) is 5.56 Å². The monoisotopic (exact) mass is 193 g/mol. The zero-order chi connectivity index (χ0) is 10.7. The van der Waals surface area contributed by atoms with Gasteiger partial charge < -0.3 is 5.11 Å². The van der Waals surface area contributed by atoms with Crippen molar-refractivity contribution in [3.63, 3.8) is 0 Å². The third-order valence-electron chi connectivity index (χ3n) is 1.92. The summed E-state index contributed by atoms with van der Waals surface area (Å²) in [6, 6.07) is 5.34. The van der Waals surface area contributed by atoms with E-state index in [4.69, 9.17) is 10.4 Å². The molecule has 0 aliphatic carbocycles. The predicted octanol–water partition coefficient (Wildman–Crippen LogP) is 1.89. The summed E-state index contributed by atoms with van der Waals surface area (Å²) in [5.41, 5.74) is 0.433. The van der Waals surface area contributed by atoms with Crippen LogP contribution in [0.2, 0.25) is 0 Å². The van der Waals surface area contributed by atoms with Gasteiger partial charge in [0.05, 0.1) is 17.6 Å². The lowest BCUT2D eigenvalue weighted by Gasteiger charge is -2.06. The molecule has 72 valence electrons.